The monoisotopic (exact) mass is 391 g/mol. The molecule has 2 aliphatic carbocycles. The number of pyridine rings is 1. The molecule has 4 rings (SSSR count). The number of methoxy groups -OCH3 is 1. The van der Waals surface area contributed by atoms with Crippen LogP contribution in [0.5, 0.6) is 11.5 Å². The second-order valence-corrected chi connectivity index (χ2v) is 9.06. The molecule has 0 bridgehead atoms. The Morgan fingerprint density at radius 2 is 2.07 bits per heavy atom. The number of rotatable bonds is 8. The molecule has 146 valence electrons. The van der Waals surface area contributed by atoms with Gasteiger partial charge in [-0.3, -0.25) is 4.98 Å². The van der Waals surface area contributed by atoms with Crippen LogP contribution in [0.2, 0.25) is 0 Å². The zero-order chi connectivity index (χ0) is 19.0. The normalized spacial score (nSPS) is 16.4. The summed E-state index contributed by atoms with van der Waals surface area (Å²) in [6, 6.07) is 3.76. The van der Waals surface area contributed by atoms with Gasteiger partial charge in [-0.05, 0) is 49.7 Å². The van der Waals surface area contributed by atoms with Gasteiger partial charge >= 0.3 is 0 Å². The number of nitrogens with zero attached hydrogens (tertiary/aromatic N) is 1. The second-order valence-electron chi connectivity index (χ2n) is 7.33. The minimum Gasteiger partial charge on any atom is -0.493 e. The predicted octanol–water partition coefficient (Wildman–Crippen LogP) is 2.22. The summed E-state index contributed by atoms with van der Waals surface area (Å²) in [6.07, 6.45) is 5.73. The van der Waals surface area contributed by atoms with Gasteiger partial charge in [-0.2, -0.15) is 0 Å². The first kappa shape index (κ1) is 18.3. The Morgan fingerprint density at radius 1 is 1.26 bits per heavy atom. The fourth-order valence-electron chi connectivity index (χ4n) is 3.58. The summed E-state index contributed by atoms with van der Waals surface area (Å²) in [6.45, 7) is 0.957. The number of sulfonamides is 1. The van der Waals surface area contributed by atoms with E-state index in [1.807, 2.05) is 12.1 Å². The lowest BCUT2D eigenvalue weighted by Gasteiger charge is -2.17. The first-order valence-electron chi connectivity index (χ1n) is 9.35. The van der Waals surface area contributed by atoms with Crippen LogP contribution in [-0.4, -0.2) is 39.4 Å². The molecular weight excluding hydrogens is 366 g/mol. The van der Waals surface area contributed by atoms with Crippen LogP contribution in [0.3, 0.4) is 0 Å². The summed E-state index contributed by atoms with van der Waals surface area (Å²) in [5.41, 5.74) is 4.45. The highest BCUT2D eigenvalue weighted by Crippen LogP contribution is 2.40. The van der Waals surface area contributed by atoms with Crippen LogP contribution in [0.4, 0.5) is 5.69 Å². The van der Waals surface area contributed by atoms with Crippen LogP contribution < -0.4 is 19.9 Å². The van der Waals surface area contributed by atoms with Crippen molar-refractivity contribution in [2.45, 2.75) is 32.1 Å². The molecule has 0 aliphatic heterocycles. The molecule has 1 heterocycles. The van der Waals surface area contributed by atoms with Gasteiger partial charge in [0.25, 0.3) is 0 Å². The van der Waals surface area contributed by atoms with Gasteiger partial charge in [0.15, 0.2) is 11.5 Å². The minimum atomic E-state index is -3.57. The van der Waals surface area contributed by atoms with Crippen molar-refractivity contribution in [1.82, 2.24) is 4.98 Å². The molecule has 0 atom stereocenters. The molecule has 0 saturated heterocycles. The highest BCUT2D eigenvalue weighted by molar-refractivity contribution is 7.89. The Kier molecular flexibility index (Phi) is 4.86. The Labute approximate surface area is 159 Å². The van der Waals surface area contributed by atoms with E-state index in [-0.39, 0.29) is 12.4 Å². The first-order valence-corrected chi connectivity index (χ1v) is 11.1. The molecule has 0 radical (unpaired) electrons. The van der Waals surface area contributed by atoms with E-state index in [0.29, 0.717) is 11.5 Å². The highest BCUT2D eigenvalue weighted by atomic mass is 32.2. The van der Waals surface area contributed by atoms with Crippen molar-refractivity contribution in [3.63, 3.8) is 0 Å². The summed E-state index contributed by atoms with van der Waals surface area (Å²) in [7, 11) is -2.00. The molecule has 3 N–H and O–H groups in total. The first-order chi connectivity index (χ1) is 12.9. The summed E-state index contributed by atoms with van der Waals surface area (Å²) in [5, 5.41) is 9.72. The highest BCUT2D eigenvalue weighted by Gasteiger charge is 2.25. The number of nitrogens with two attached hydrogens (primary N) is 1. The Morgan fingerprint density at radius 3 is 2.78 bits per heavy atom. The molecule has 7 nitrogen and oxygen atoms in total. The van der Waals surface area contributed by atoms with Gasteiger partial charge in [0, 0.05) is 29.4 Å². The van der Waals surface area contributed by atoms with Crippen molar-refractivity contribution in [2.75, 3.05) is 31.3 Å². The molecular formula is C19H25N3O4S. The Balaban J connectivity index is 1.71. The van der Waals surface area contributed by atoms with E-state index in [1.54, 1.807) is 7.11 Å². The van der Waals surface area contributed by atoms with E-state index in [4.69, 9.17) is 19.6 Å². The topological polar surface area (TPSA) is 104 Å². The van der Waals surface area contributed by atoms with Gasteiger partial charge in [0.1, 0.15) is 6.61 Å². The molecule has 0 unspecified atom stereocenters. The van der Waals surface area contributed by atoms with Crippen LogP contribution in [0.25, 0.3) is 10.9 Å². The van der Waals surface area contributed by atoms with E-state index in [9.17, 15) is 8.42 Å². The molecule has 1 saturated carbocycles. The third kappa shape index (κ3) is 4.11. The van der Waals surface area contributed by atoms with Crippen molar-refractivity contribution in [1.29, 1.82) is 0 Å². The van der Waals surface area contributed by atoms with Gasteiger partial charge in [0.2, 0.25) is 10.0 Å². The van der Waals surface area contributed by atoms with Crippen molar-refractivity contribution in [3.05, 3.63) is 23.4 Å². The molecule has 1 fully saturated rings. The number of aryl methyl sites for hydroxylation is 1. The van der Waals surface area contributed by atoms with Crippen LogP contribution in [-0.2, 0) is 22.9 Å². The molecule has 0 spiro atoms. The number of primary sulfonamides is 1. The van der Waals surface area contributed by atoms with Gasteiger partial charge in [-0.25, -0.2) is 13.6 Å². The predicted molar refractivity (Wildman–Crippen MR) is 105 cm³/mol. The number of hydrogen-bond acceptors (Lipinski definition) is 6. The maximum absolute atomic E-state index is 11.1. The Bertz CT molecular complexity index is 971. The van der Waals surface area contributed by atoms with Crippen molar-refractivity contribution < 1.29 is 17.9 Å². The number of anilines is 1. The summed E-state index contributed by atoms with van der Waals surface area (Å²) in [4.78, 5) is 4.83. The fraction of sp³-hybridized carbons (Fsp3) is 0.526. The molecule has 0 amide bonds. The smallest absolute Gasteiger partial charge is 0.212 e. The number of hydrogen-bond donors (Lipinski definition) is 2. The average Bonchev–Trinajstić information content (AvgIpc) is 3.33. The maximum Gasteiger partial charge on any atom is 0.212 e. The van der Waals surface area contributed by atoms with Gasteiger partial charge in [-0.1, -0.05) is 0 Å². The maximum atomic E-state index is 11.1. The number of aromatic nitrogens is 1. The van der Waals surface area contributed by atoms with E-state index >= 15 is 0 Å². The standard InChI is InChI=1S/C19H25N3O4S/c1-25-17-9-14-16(10-18(17)26-7-8-27(20,23)24)22-15-4-2-3-13(15)19(14)21-11-12-5-6-12/h9-10,12H,2-8,11H2,1H3,(H,21,22)(H2,20,23,24). The molecule has 2 aromatic rings. The lowest BCUT2D eigenvalue weighted by atomic mass is 10.1. The van der Waals surface area contributed by atoms with Gasteiger partial charge in [0.05, 0.1) is 18.4 Å². The van der Waals surface area contributed by atoms with Crippen molar-refractivity contribution in [2.24, 2.45) is 11.1 Å². The number of fused-ring (bicyclic) bond motifs is 2. The number of ether oxygens (including phenoxy) is 2. The summed E-state index contributed by atoms with van der Waals surface area (Å²) in [5.74, 6) is 1.56. The molecule has 1 aromatic heterocycles. The molecule has 8 heteroatoms. The van der Waals surface area contributed by atoms with Crippen molar-refractivity contribution in [3.8, 4) is 11.5 Å². The number of nitrogens with one attached hydrogen (secondary N) is 1. The summed E-state index contributed by atoms with van der Waals surface area (Å²) >= 11 is 0. The van der Waals surface area contributed by atoms with Gasteiger partial charge in [-0.15, -0.1) is 0 Å². The fourth-order valence-corrected chi connectivity index (χ4v) is 3.90. The van der Waals surface area contributed by atoms with Crippen molar-refractivity contribution >= 4 is 26.6 Å². The van der Waals surface area contributed by atoms with E-state index in [0.717, 1.165) is 54.0 Å². The van der Waals surface area contributed by atoms with Crippen LogP contribution in [0, 0.1) is 5.92 Å². The van der Waals surface area contributed by atoms with E-state index < -0.39 is 10.0 Å². The van der Waals surface area contributed by atoms with Crippen LogP contribution >= 0.6 is 0 Å². The largest absolute Gasteiger partial charge is 0.493 e. The Hall–Kier alpha value is -2.06. The third-order valence-corrected chi connectivity index (χ3v) is 5.92. The second kappa shape index (κ2) is 7.16. The van der Waals surface area contributed by atoms with Crippen LogP contribution in [0.15, 0.2) is 12.1 Å². The quantitative estimate of drug-likeness (QED) is 0.715. The van der Waals surface area contributed by atoms with E-state index in [2.05, 4.69) is 5.32 Å². The zero-order valence-corrected chi connectivity index (χ0v) is 16.3. The van der Waals surface area contributed by atoms with E-state index in [1.165, 1.54) is 18.4 Å². The van der Waals surface area contributed by atoms with Crippen LogP contribution in [0.1, 0.15) is 30.5 Å². The summed E-state index contributed by atoms with van der Waals surface area (Å²) < 4.78 is 33.4. The molecule has 1 aromatic carbocycles. The lowest BCUT2D eigenvalue weighted by molar-refractivity contribution is 0.312. The SMILES string of the molecule is COc1cc2c(NCC3CC3)c3c(nc2cc1OCCS(N)(=O)=O)CCC3. The molecule has 27 heavy (non-hydrogen) atoms. The molecule has 2 aliphatic rings. The third-order valence-electron chi connectivity index (χ3n) is 5.19. The average molecular weight is 391 g/mol. The minimum absolute atomic E-state index is 0.0293. The zero-order valence-electron chi connectivity index (χ0n) is 15.5. The lowest BCUT2D eigenvalue weighted by Crippen LogP contribution is -2.21. The van der Waals surface area contributed by atoms with Gasteiger partial charge < -0.3 is 14.8 Å². The number of benzene rings is 1.